The number of benzene rings is 2. The third-order valence-corrected chi connectivity index (χ3v) is 5.05. The minimum Gasteiger partial charge on any atom is -0.494 e. The highest BCUT2D eigenvalue weighted by atomic mass is 35.5. The summed E-state index contributed by atoms with van der Waals surface area (Å²) in [5.41, 5.74) is 1.35. The van der Waals surface area contributed by atoms with Gasteiger partial charge in [0.05, 0.1) is 23.3 Å². The van der Waals surface area contributed by atoms with Crippen LogP contribution >= 0.6 is 11.6 Å². The van der Waals surface area contributed by atoms with Gasteiger partial charge in [0.25, 0.3) is 0 Å². The summed E-state index contributed by atoms with van der Waals surface area (Å²) < 4.78 is 58.9. The summed E-state index contributed by atoms with van der Waals surface area (Å²) in [5, 5.41) is 6.28. The van der Waals surface area contributed by atoms with E-state index in [1.54, 1.807) is 12.1 Å². The largest absolute Gasteiger partial charge is 0.494 e. The van der Waals surface area contributed by atoms with Gasteiger partial charge in [-0.25, -0.2) is 14.4 Å². The van der Waals surface area contributed by atoms with Gasteiger partial charge in [-0.05, 0) is 50.1 Å². The number of carbonyl (C=O) groups is 1. The predicted octanol–water partition coefficient (Wildman–Crippen LogP) is 5.16. The van der Waals surface area contributed by atoms with Crippen LogP contribution in [0.3, 0.4) is 0 Å². The minimum absolute atomic E-state index is 0.00419. The first kappa shape index (κ1) is 17.3. The second-order valence-corrected chi connectivity index (χ2v) is 7.42. The number of aromatic nitrogens is 2. The number of hydrogen-bond donors (Lipinski definition) is 2. The number of halogens is 2. The Hall–Kier alpha value is -3.23. The third-order valence-electron chi connectivity index (χ3n) is 4.76. The van der Waals surface area contributed by atoms with Crippen molar-refractivity contribution in [1.29, 1.82) is 0 Å². The lowest BCUT2D eigenvalue weighted by molar-refractivity contribution is -0.111. The van der Waals surface area contributed by atoms with Crippen LogP contribution in [0, 0.1) is 5.82 Å². The molecule has 1 aromatic heterocycles. The molecule has 1 fully saturated rings. The highest BCUT2D eigenvalue weighted by Gasteiger charge is 2.13. The van der Waals surface area contributed by atoms with Gasteiger partial charge < -0.3 is 15.4 Å². The van der Waals surface area contributed by atoms with Crippen molar-refractivity contribution in [3.05, 3.63) is 59.7 Å². The summed E-state index contributed by atoms with van der Waals surface area (Å²) in [6.07, 6.45) is 0.617. The van der Waals surface area contributed by atoms with Crippen molar-refractivity contribution in [1.82, 2.24) is 14.9 Å². The van der Waals surface area contributed by atoms with Crippen LogP contribution in [0.4, 0.5) is 21.6 Å². The summed E-state index contributed by atoms with van der Waals surface area (Å²) in [6, 6.07) is 7.41. The molecule has 0 radical (unpaired) electrons. The first-order valence-electron chi connectivity index (χ1n) is 12.9. The molecule has 0 aliphatic carbocycles. The monoisotopic (exact) mass is 474 g/mol. The Bertz CT molecular complexity index is 1350. The average Bonchev–Trinajstić information content (AvgIpc) is 2.90. The fourth-order valence-electron chi connectivity index (χ4n) is 3.17. The summed E-state index contributed by atoms with van der Waals surface area (Å²) in [6.45, 7) is -2.28. The van der Waals surface area contributed by atoms with Crippen LogP contribution in [0.15, 0.2) is 48.8 Å². The molecule has 4 rings (SSSR count). The topological polar surface area (TPSA) is 79.4 Å². The molecule has 2 heterocycles. The number of nitrogens with zero attached hydrogens (tertiary/aromatic N) is 3. The van der Waals surface area contributed by atoms with Crippen LogP contribution in [-0.2, 0) is 4.79 Å². The van der Waals surface area contributed by atoms with Crippen LogP contribution in [0.5, 0.6) is 5.75 Å². The van der Waals surface area contributed by atoms with E-state index in [9.17, 15) is 9.18 Å². The Morgan fingerprint density at radius 3 is 2.85 bits per heavy atom. The quantitative estimate of drug-likeness (QED) is 0.461. The Kier molecular flexibility index (Phi) is 5.54. The Labute approximate surface area is 203 Å². The molecule has 2 N–H and O–H groups in total. The highest BCUT2D eigenvalue weighted by molar-refractivity contribution is 6.31. The molecule has 9 heteroatoms. The first-order chi connectivity index (χ1) is 18.1. The Balaban J connectivity index is 1.52. The number of piperidine rings is 1. The molecule has 0 bridgehead atoms. The maximum absolute atomic E-state index is 13.5. The lowest BCUT2D eigenvalue weighted by Gasteiger charge is -2.24. The zero-order chi connectivity index (χ0) is 27.6. The predicted molar refractivity (Wildman–Crippen MR) is 129 cm³/mol. The number of methoxy groups -OCH3 is 1. The van der Waals surface area contributed by atoms with Crippen molar-refractivity contribution < 1.29 is 20.8 Å². The van der Waals surface area contributed by atoms with Gasteiger partial charge in [-0.15, -0.1) is 0 Å². The van der Waals surface area contributed by atoms with E-state index in [0.29, 0.717) is 33.8 Å². The van der Waals surface area contributed by atoms with Crippen molar-refractivity contribution in [3.63, 3.8) is 0 Å². The number of anilines is 3. The number of carbonyl (C=O) groups excluding carboxylic acids is 1. The maximum atomic E-state index is 13.5. The van der Waals surface area contributed by atoms with Gasteiger partial charge in [-0.3, -0.25) is 9.69 Å². The minimum atomic E-state index is -1.14. The van der Waals surface area contributed by atoms with E-state index in [1.165, 1.54) is 48.7 Å². The van der Waals surface area contributed by atoms with E-state index in [2.05, 4.69) is 20.6 Å². The van der Waals surface area contributed by atoms with Gasteiger partial charge in [-0.2, -0.15) is 0 Å². The molecule has 0 saturated carbocycles. The number of amides is 1. The molecular formula is C24H25ClFN5O2. The highest BCUT2D eigenvalue weighted by Crippen LogP contribution is 2.33. The summed E-state index contributed by atoms with van der Waals surface area (Å²) in [7, 11) is 1.45. The molecule has 1 amide bonds. The molecule has 4 unspecified atom stereocenters. The standard InChI is InChI=1S/C24H25ClFN5O2/c1-33-22-14-20-17(24(28-15-27-20)29-16-7-8-19(26)18(25)12-16)13-21(22)30-23(32)6-5-11-31-9-3-2-4-10-31/h5-8,12-15H,2-4,9-11H2,1H3,(H,30,32)(H,27,28,29)/b6-5+/i2D,3D,4D,9D,10D. The van der Waals surface area contributed by atoms with E-state index >= 15 is 0 Å². The molecular weight excluding hydrogens is 445 g/mol. The van der Waals surface area contributed by atoms with Gasteiger partial charge in [0, 0.05) is 36.6 Å². The molecule has 3 aromatic rings. The molecule has 33 heavy (non-hydrogen) atoms. The van der Waals surface area contributed by atoms with E-state index in [1.807, 2.05) is 0 Å². The number of rotatable bonds is 7. The second-order valence-electron chi connectivity index (χ2n) is 7.01. The lowest BCUT2D eigenvalue weighted by Crippen LogP contribution is -2.29. The Morgan fingerprint density at radius 2 is 2.09 bits per heavy atom. The smallest absolute Gasteiger partial charge is 0.248 e. The molecule has 7 nitrogen and oxygen atoms in total. The van der Waals surface area contributed by atoms with Gasteiger partial charge in [0.2, 0.25) is 5.91 Å². The van der Waals surface area contributed by atoms with Gasteiger partial charge >= 0.3 is 0 Å². The van der Waals surface area contributed by atoms with E-state index in [0.717, 1.165) is 0 Å². The lowest BCUT2D eigenvalue weighted by atomic mass is 10.1. The van der Waals surface area contributed by atoms with Crippen LogP contribution in [0.2, 0.25) is 5.02 Å². The summed E-state index contributed by atoms with van der Waals surface area (Å²) >= 11 is 5.88. The zero-order valence-electron chi connectivity index (χ0n) is 22.6. The fourth-order valence-corrected chi connectivity index (χ4v) is 3.35. The normalized spacial score (nSPS) is 27.8. The van der Waals surface area contributed by atoms with Crippen LogP contribution in [0.1, 0.15) is 26.0 Å². The summed E-state index contributed by atoms with van der Waals surface area (Å²) in [4.78, 5) is 22.5. The number of hydrogen-bond acceptors (Lipinski definition) is 6. The van der Waals surface area contributed by atoms with Crippen molar-refractivity contribution in [2.75, 3.05) is 37.3 Å². The molecule has 172 valence electrons. The van der Waals surface area contributed by atoms with Gasteiger partial charge in [0.15, 0.2) is 0 Å². The average molecular weight is 475 g/mol. The van der Waals surface area contributed by atoms with Crippen LogP contribution in [-0.4, -0.2) is 47.5 Å². The summed E-state index contributed by atoms with van der Waals surface area (Å²) in [5.74, 6) is -0.327. The molecule has 1 aliphatic heterocycles. The number of fused-ring (bicyclic) bond motifs is 1. The van der Waals surface area contributed by atoms with Crippen molar-refractivity contribution in [2.24, 2.45) is 0 Å². The van der Waals surface area contributed by atoms with Crippen molar-refractivity contribution >= 4 is 45.6 Å². The fraction of sp³-hybridized carbons (Fsp3) is 0.292. The van der Waals surface area contributed by atoms with E-state index < -0.39 is 44.0 Å². The molecule has 1 aliphatic rings. The Morgan fingerprint density at radius 1 is 1.27 bits per heavy atom. The molecule has 4 atom stereocenters. The van der Waals surface area contributed by atoms with Crippen LogP contribution < -0.4 is 15.4 Å². The third kappa shape index (κ3) is 5.77. The van der Waals surface area contributed by atoms with E-state index in [-0.39, 0.29) is 11.6 Å². The molecule has 1 saturated heterocycles. The first-order valence-corrected chi connectivity index (χ1v) is 10.4. The van der Waals surface area contributed by atoms with Crippen molar-refractivity contribution in [2.45, 2.75) is 19.2 Å². The number of ether oxygens (including phenoxy) is 1. The van der Waals surface area contributed by atoms with E-state index in [4.69, 9.17) is 23.2 Å². The van der Waals surface area contributed by atoms with Gasteiger partial charge in [-0.1, -0.05) is 24.1 Å². The van der Waals surface area contributed by atoms with Gasteiger partial charge in [0.1, 0.15) is 23.7 Å². The number of nitrogens with one attached hydrogen (secondary N) is 2. The SMILES string of the molecule is [2H]C1C([2H])C([2H])N(C/C=C/C(=O)Nc2cc3c(Nc4ccc(F)c(Cl)c4)ncnc3cc2OC)C([2H])C1[2H]. The molecule has 0 spiro atoms. The van der Waals surface area contributed by atoms with Crippen LogP contribution in [0.25, 0.3) is 10.9 Å². The second kappa shape index (κ2) is 10.6. The zero-order valence-corrected chi connectivity index (χ0v) is 18.4. The van der Waals surface area contributed by atoms with Crippen molar-refractivity contribution in [3.8, 4) is 5.75 Å². The molecule has 2 aromatic carbocycles. The maximum Gasteiger partial charge on any atom is 0.248 e. The number of likely N-dealkylation sites (tertiary alicyclic amines) is 1.